The van der Waals surface area contributed by atoms with Gasteiger partial charge in [-0.15, -0.1) is 10.2 Å². The number of hydrogen-bond acceptors (Lipinski definition) is 3. The second-order valence-electron chi connectivity index (χ2n) is 6.70. The van der Waals surface area contributed by atoms with Gasteiger partial charge in [-0.25, -0.2) is 4.39 Å². The highest BCUT2D eigenvalue weighted by molar-refractivity contribution is 7.98. The van der Waals surface area contributed by atoms with Crippen LogP contribution < -0.4 is 0 Å². The summed E-state index contributed by atoms with van der Waals surface area (Å²) >= 11 is 1.65. The molecule has 0 fully saturated rings. The van der Waals surface area contributed by atoms with Gasteiger partial charge in [0.1, 0.15) is 5.82 Å². The zero-order valence-electron chi connectivity index (χ0n) is 15.8. The van der Waals surface area contributed by atoms with Crippen LogP contribution in [0.3, 0.4) is 0 Å². The first-order chi connectivity index (χ1) is 13.6. The van der Waals surface area contributed by atoms with Gasteiger partial charge in [-0.3, -0.25) is 4.57 Å². The summed E-state index contributed by atoms with van der Waals surface area (Å²) in [5, 5.41) is 9.69. The summed E-state index contributed by atoms with van der Waals surface area (Å²) in [6.07, 6.45) is 0. The Balaban J connectivity index is 1.76. The molecule has 0 bridgehead atoms. The minimum absolute atomic E-state index is 0.264. The maximum Gasteiger partial charge on any atom is 0.196 e. The molecule has 28 heavy (non-hydrogen) atoms. The molecule has 5 heteroatoms. The van der Waals surface area contributed by atoms with E-state index in [4.69, 9.17) is 0 Å². The number of hydrogen-bond donors (Lipinski definition) is 0. The molecular formula is C23H20FN3S. The monoisotopic (exact) mass is 389 g/mol. The van der Waals surface area contributed by atoms with Crippen LogP contribution in [0.5, 0.6) is 0 Å². The van der Waals surface area contributed by atoms with Crippen LogP contribution in [0.15, 0.2) is 78.0 Å². The Labute approximate surface area is 168 Å². The summed E-state index contributed by atoms with van der Waals surface area (Å²) < 4.78 is 15.4. The van der Waals surface area contributed by atoms with Gasteiger partial charge in [0.25, 0.3) is 0 Å². The molecule has 0 atom stereocenters. The number of halogens is 1. The Bertz CT molecular complexity index is 1100. The van der Waals surface area contributed by atoms with Crippen molar-refractivity contribution in [3.63, 3.8) is 0 Å². The molecule has 4 aromatic rings. The topological polar surface area (TPSA) is 30.7 Å². The lowest BCUT2D eigenvalue weighted by atomic mass is 10.1. The second kappa shape index (κ2) is 7.98. The van der Waals surface area contributed by atoms with Gasteiger partial charge in [-0.1, -0.05) is 48.2 Å². The zero-order valence-corrected chi connectivity index (χ0v) is 16.6. The lowest BCUT2D eigenvalue weighted by Gasteiger charge is -2.12. The van der Waals surface area contributed by atoms with E-state index in [0.717, 1.165) is 27.7 Å². The first kappa shape index (κ1) is 18.4. The van der Waals surface area contributed by atoms with Crippen molar-refractivity contribution >= 4 is 11.8 Å². The van der Waals surface area contributed by atoms with Crippen molar-refractivity contribution in [1.29, 1.82) is 0 Å². The van der Waals surface area contributed by atoms with Crippen LogP contribution >= 0.6 is 11.8 Å². The number of benzene rings is 3. The summed E-state index contributed by atoms with van der Waals surface area (Å²) in [5.41, 5.74) is 5.52. The highest BCUT2D eigenvalue weighted by atomic mass is 32.2. The van der Waals surface area contributed by atoms with Crippen molar-refractivity contribution in [2.45, 2.75) is 24.8 Å². The predicted molar refractivity (Wildman–Crippen MR) is 112 cm³/mol. The lowest BCUT2D eigenvalue weighted by molar-refractivity contribution is 0.628. The lowest BCUT2D eigenvalue weighted by Crippen LogP contribution is -2.00. The average molecular weight is 389 g/mol. The van der Waals surface area contributed by atoms with E-state index in [1.165, 1.54) is 23.3 Å². The van der Waals surface area contributed by atoms with Gasteiger partial charge in [-0.05, 0) is 66.9 Å². The summed E-state index contributed by atoms with van der Waals surface area (Å²) in [4.78, 5) is 0. The zero-order chi connectivity index (χ0) is 19.5. The van der Waals surface area contributed by atoms with E-state index in [2.05, 4.69) is 54.4 Å². The molecule has 0 radical (unpaired) electrons. The van der Waals surface area contributed by atoms with Gasteiger partial charge in [0.2, 0.25) is 0 Å². The molecule has 1 aromatic heterocycles. The van der Waals surface area contributed by atoms with E-state index in [-0.39, 0.29) is 5.82 Å². The molecular weight excluding hydrogens is 369 g/mol. The summed E-state index contributed by atoms with van der Waals surface area (Å²) in [6, 6.07) is 23.0. The van der Waals surface area contributed by atoms with Crippen molar-refractivity contribution in [3.05, 3.63) is 95.3 Å². The van der Waals surface area contributed by atoms with E-state index in [1.54, 1.807) is 23.9 Å². The molecule has 0 saturated heterocycles. The Kier molecular flexibility index (Phi) is 5.26. The normalized spacial score (nSPS) is 11.0. The average Bonchev–Trinajstić information content (AvgIpc) is 3.12. The predicted octanol–water partition coefficient (Wildman–Crippen LogP) is 5.98. The van der Waals surface area contributed by atoms with Crippen molar-refractivity contribution in [3.8, 4) is 17.1 Å². The molecule has 1 heterocycles. The third kappa shape index (κ3) is 3.85. The first-order valence-electron chi connectivity index (χ1n) is 9.07. The quantitative estimate of drug-likeness (QED) is 0.393. The molecule has 0 saturated carbocycles. The Morgan fingerprint density at radius 1 is 0.893 bits per heavy atom. The second-order valence-corrected chi connectivity index (χ2v) is 7.65. The standard InChI is InChI=1S/C23H20FN3S/c1-16-6-5-9-21(14-16)27-22(18-10-12-20(24)13-11-18)25-26-23(27)28-15-19-8-4-3-7-17(19)2/h3-14H,15H2,1-2H3. The highest BCUT2D eigenvalue weighted by Gasteiger charge is 2.16. The SMILES string of the molecule is Cc1cccc(-n2c(SCc3ccccc3C)nnc2-c2ccc(F)cc2)c1. The summed E-state index contributed by atoms with van der Waals surface area (Å²) in [7, 11) is 0. The van der Waals surface area contributed by atoms with Crippen LogP contribution in [0.4, 0.5) is 4.39 Å². The first-order valence-corrected chi connectivity index (χ1v) is 10.1. The number of aryl methyl sites for hydroxylation is 2. The van der Waals surface area contributed by atoms with E-state index >= 15 is 0 Å². The summed E-state index contributed by atoms with van der Waals surface area (Å²) in [6.45, 7) is 4.18. The molecule has 0 N–H and O–H groups in total. The molecule has 0 aliphatic heterocycles. The van der Waals surface area contributed by atoms with Crippen molar-refractivity contribution < 1.29 is 4.39 Å². The Hall–Kier alpha value is -2.92. The Morgan fingerprint density at radius 2 is 1.68 bits per heavy atom. The third-order valence-corrected chi connectivity index (χ3v) is 5.59. The fourth-order valence-corrected chi connectivity index (χ4v) is 4.09. The van der Waals surface area contributed by atoms with Crippen LogP contribution in [0, 0.1) is 19.7 Å². The van der Waals surface area contributed by atoms with E-state index < -0.39 is 0 Å². The molecule has 0 unspecified atom stereocenters. The van der Waals surface area contributed by atoms with Gasteiger partial charge in [0.15, 0.2) is 11.0 Å². The van der Waals surface area contributed by atoms with E-state index in [1.807, 2.05) is 22.8 Å². The van der Waals surface area contributed by atoms with Crippen LogP contribution in [-0.4, -0.2) is 14.8 Å². The fourth-order valence-electron chi connectivity index (χ4n) is 3.06. The maximum absolute atomic E-state index is 13.4. The molecule has 4 rings (SSSR count). The molecule has 0 amide bonds. The number of thioether (sulfide) groups is 1. The van der Waals surface area contributed by atoms with Gasteiger partial charge < -0.3 is 0 Å². The minimum Gasteiger partial charge on any atom is -0.270 e. The van der Waals surface area contributed by atoms with Crippen LogP contribution in [0.25, 0.3) is 17.1 Å². The molecule has 0 spiro atoms. The van der Waals surface area contributed by atoms with E-state index in [9.17, 15) is 4.39 Å². The summed E-state index contributed by atoms with van der Waals surface area (Å²) in [5.74, 6) is 1.25. The number of aromatic nitrogens is 3. The van der Waals surface area contributed by atoms with Crippen molar-refractivity contribution in [2.24, 2.45) is 0 Å². The van der Waals surface area contributed by atoms with Crippen molar-refractivity contribution in [1.82, 2.24) is 14.8 Å². The molecule has 140 valence electrons. The Morgan fingerprint density at radius 3 is 2.43 bits per heavy atom. The van der Waals surface area contributed by atoms with Gasteiger partial charge in [0.05, 0.1) is 0 Å². The largest absolute Gasteiger partial charge is 0.270 e. The van der Waals surface area contributed by atoms with Gasteiger partial charge in [-0.2, -0.15) is 0 Å². The smallest absolute Gasteiger partial charge is 0.196 e. The fraction of sp³-hybridized carbons (Fsp3) is 0.130. The number of rotatable bonds is 5. The molecule has 3 aromatic carbocycles. The van der Waals surface area contributed by atoms with Gasteiger partial charge >= 0.3 is 0 Å². The number of nitrogens with zero attached hydrogens (tertiary/aromatic N) is 3. The van der Waals surface area contributed by atoms with E-state index in [0.29, 0.717) is 5.82 Å². The molecule has 3 nitrogen and oxygen atoms in total. The highest BCUT2D eigenvalue weighted by Crippen LogP contribution is 2.30. The van der Waals surface area contributed by atoms with Crippen LogP contribution in [0.2, 0.25) is 0 Å². The van der Waals surface area contributed by atoms with Crippen LogP contribution in [-0.2, 0) is 5.75 Å². The maximum atomic E-state index is 13.4. The molecule has 0 aliphatic rings. The minimum atomic E-state index is -0.264. The molecule has 0 aliphatic carbocycles. The third-order valence-electron chi connectivity index (χ3n) is 4.61. The van der Waals surface area contributed by atoms with Crippen LogP contribution in [0.1, 0.15) is 16.7 Å². The van der Waals surface area contributed by atoms with Crippen molar-refractivity contribution in [2.75, 3.05) is 0 Å². The van der Waals surface area contributed by atoms with Gasteiger partial charge in [0, 0.05) is 17.0 Å².